The molecule has 1 aliphatic rings. The van der Waals surface area contributed by atoms with Gasteiger partial charge in [0.15, 0.2) is 5.11 Å². The van der Waals surface area contributed by atoms with E-state index in [0.717, 1.165) is 22.6 Å². The van der Waals surface area contributed by atoms with Crippen LogP contribution in [0.25, 0.3) is 5.69 Å². The zero-order chi connectivity index (χ0) is 24.2. The van der Waals surface area contributed by atoms with Gasteiger partial charge < -0.3 is 24.8 Å². The number of nitrogens with zero attached hydrogens (tertiary/aromatic N) is 3. The van der Waals surface area contributed by atoms with E-state index < -0.39 is 0 Å². The monoisotopic (exact) mass is 483 g/mol. The lowest BCUT2D eigenvalue weighted by Gasteiger charge is -2.27. The highest BCUT2D eigenvalue weighted by Gasteiger charge is 2.41. The van der Waals surface area contributed by atoms with Crippen LogP contribution in [-0.4, -0.2) is 34.3 Å². The van der Waals surface area contributed by atoms with Crippen LogP contribution in [0, 0.1) is 0 Å². The maximum atomic E-state index is 11.9. The van der Waals surface area contributed by atoms with Crippen molar-refractivity contribution in [1.29, 1.82) is 0 Å². The number of nitrogens with one attached hydrogen (secondary N) is 2. The predicted molar refractivity (Wildman–Crippen MR) is 141 cm³/mol. The highest BCUT2D eigenvalue weighted by Crippen LogP contribution is 2.42. The molecule has 2 aromatic carbocycles. The average Bonchev–Trinajstić information content (AvgIpc) is 3.50. The third-order valence-electron chi connectivity index (χ3n) is 5.91. The number of benzene rings is 2. The van der Waals surface area contributed by atoms with Crippen molar-refractivity contribution in [2.45, 2.75) is 12.1 Å². The van der Waals surface area contributed by atoms with Crippen molar-refractivity contribution in [2.75, 3.05) is 23.9 Å². The molecule has 1 saturated heterocycles. The predicted octanol–water partition coefficient (Wildman–Crippen LogP) is 4.63. The Hall–Kier alpha value is -4.01. The molecule has 0 spiro atoms. The summed E-state index contributed by atoms with van der Waals surface area (Å²) >= 11 is 5.81. The molecule has 7 nitrogen and oxygen atoms in total. The maximum Gasteiger partial charge on any atom is 0.250 e. The van der Waals surface area contributed by atoms with Gasteiger partial charge in [-0.25, -0.2) is 0 Å². The van der Waals surface area contributed by atoms with E-state index in [4.69, 9.17) is 17.0 Å². The van der Waals surface area contributed by atoms with E-state index in [1.807, 2.05) is 60.7 Å². The minimum Gasteiger partial charge on any atom is -0.375 e. The van der Waals surface area contributed by atoms with Gasteiger partial charge in [0, 0.05) is 42.8 Å². The summed E-state index contributed by atoms with van der Waals surface area (Å²) in [5.41, 5.74) is 4.72. The molecule has 0 radical (unpaired) electrons. The highest BCUT2D eigenvalue weighted by molar-refractivity contribution is 7.80. The summed E-state index contributed by atoms with van der Waals surface area (Å²) in [4.78, 5) is 18.6. The molecule has 176 valence electrons. The zero-order valence-corrected chi connectivity index (χ0v) is 20.0. The molecule has 0 saturated carbocycles. The molecule has 0 bridgehead atoms. The van der Waals surface area contributed by atoms with Crippen LogP contribution >= 0.6 is 12.2 Å². The Morgan fingerprint density at radius 1 is 1.03 bits per heavy atom. The number of ether oxygens (including phenoxy) is 1. The standard InChI is InChI=1S/C27H25N5O2S/c1-34-18-24(33)29-20-10-12-22(13-11-20)32-26(25(30-27(32)35)23-9-5-6-15-28-23)19-14-16-31(17-19)21-7-3-2-4-8-21/h2-17,25-26H,18H2,1H3,(H,29,33)(H,30,35)/t25-,26-/m1/s1. The van der Waals surface area contributed by atoms with E-state index in [2.05, 4.69) is 55.7 Å². The molecule has 0 unspecified atom stereocenters. The normalized spacial score (nSPS) is 17.3. The number of pyridine rings is 1. The third-order valence-corrected chi connectivity index (χ3v) is 6.23. The molecule has 4 aromatic rings. The van der Waals surface area contributed by atoms with Gasteiger partial charge in [0.05, 0.1) is 17.8 Å². The van der Waals surface area contributed by atoms with Crippen molar-refractivity contribution in [1.82, 2.24) is 14.9 Å². The van der Waals surface area contributed by atoms with Gasteiger partial charge in [0.1, 0.15) is 6.61 Å². The third kappa shape index (κ3) is 4.80. The topological polar surface area (TPSA) is 71.4 Å². The first-order chi connectivity index (χ1) is 17.1. The molecule has 1 fully saturated rings. The molecule has 2 atom stereocenters. The number of carbonyl (C=O) groups is 1. The fraction of sp³-hybridized carbons (Fsp3) is 0.148. The molecule has 1 aliphatic heterocycles. The molecular weight excluding hydrogens is 458 g/mol. The minimum atomic E-state index is -0.200. The number of para-hydroxylation sites is 1. The van der Waals surface area contributed by atoms with Gasteiger partial charge >= 0.3 is 0 Å². The molecule has 0 aliphatic carbocycles. The first kappa shape index (κ1) is 22.8. The van der Waals surface area contributed by atoms with E-state index in [1.165, 1.54) is 7.11 Å². The SMILES string of the molecule is COCC(=O)Nc1ccc(N2C(=S)N[C@H](c3ccccn3)[C@H]2c2ccn(-c3ccccc3)c2)cc1. The average molecular weight is 484 g/mol. The van der Waals surface area contributed by atoms with Crippen molar-refractivity contribution < 1.29 is 9.53 Å². The van der Waals surface area contributed by atoms with Gasteiger partial charge in [0.25, 0.3) is 0 Å². The van der Waals surface area contributed by atoms with Crippen LogP contribution in [0.3, 0.4) is 0 Å². The maximum absolute atomic E-state index is 11.9. The summed E-state index contributed by atoms with van der Waals surface area (Å²) in [7, 11) is 1.49. The molecule has 2 N–H and O–H groups in total. The molecule has 1 amide bonds. The van der Waals surface area contributed by atoms with E-state index >= 15 is 0 Å². The van der Waals surface area contributed by atoms with Crippen molar-refractivity contribution >= 4 is 34.6 Å². The van der Waals surface area contributed by atoms with E-state index in [0.29, 0.717) is 10.8 Å². The van der Waals surface area contributed by atoms with Gasteiger partial charge in [-0.3, -0.25) is 9.78 Å². The zero-order valence-electron chi connectivity index (χ0n) is 19.2. The summed E-state index contributed by atoms with van der Waals surface area (Å²) in [5.74, 6) is -0.200. The highest BCUT2D eigenvalue weighted by atomic mass is 32.1. The lowest BCUT2D eigenvalue weighted by molar-refractivity contribution is -0.119. The Morgan fingerprint density at radius 3 is 2.51 bits per heavy atom. The number of rotatable bonds is 7. The van der Waals surface area contributed by atoms with Crippen LogP contribution < -0.4 is 15.5 Å². The summed E-state index contributed by atoms with van der Waals surface area (Å²) in [6.07, 6.45) is 6.00. The number of hydrogen-bond acceptors (Lipinski definition) is 4. The summed E-state index contributed by atoms with van der Waals surface area (Å²) in [6.45, 7) is 0.00805. The van der Waals surface area contributed by atoms with Crippen molar-refractivity contribution in [3.63, 3.8) is 0 Å². The molecular formula is C27H25N5O2S. The van der Waals surface area contributed by atoms with E-state index in [9.17, 15) is 4.79 Å². The van der Waals surface area contributed by atoms with E-state index in [-0.39, 0.29) is 24.6 Å². The second-order valence-electron chi connectivity index (χ2n) is 8.21. The molecule has 35 heavy (non-hydrogen) atoms. The fourth-order valence-electron chi connectivity index (χ4n) is 4.35. The number of amides is 1. The van der Waals surface area contributed by atoms with Crippen LogP contribution in [0.4, 0.5) is 11.4 Å². The fourth-order valence-corrected chi connectivity index (χ4v) is 4.70. The van der Waals surface area contributed by atoms with Crippen LogP contribution in [0.15, 0.2) is 97.5 Å². The van der Waals surface area contributed by atoms with Crippen molar-refractivity contribution in [2.24, 2.45) is 0 Å². The Balaban J connectivity index is 1.50. The van der Waals surface area contributed by atoms with Crippen molar-refractivity contribution in [3.8, 4) is 5.69 Å². The largest absolute Gasteiger partial charge is 0.375 e. The molecule has 3 heterocycles. The number of hydrogen-bond donors (Lipinski definition) is 2. The Bertz CT molecular complexity index is 1310. The first-order valence-corrected chi connectivity index (χ1v) is 11.7. The van der Waals surface area contributed by atoms with Crippen LogP contribution in [0.1, 0.15) is 23.3 Å². The summed E-state index contributed by atoms with van der Waals surface area (Å²) < 4.78 is 7.00. The molecule has 2 aromatic heterocycles. The lowest BCUT2D eigenvalue weighted by Crippen LogP contribution is -2.29. The number of aromatic nitrogens is 2. The Kier molecular flexibility index (Phi) is 6.56. The Morgan fingerprint density at radius 2 is 1.80 bits per heavy atom. The van der Waals surface area contributed by atoms with Gasteiger partial charge in [-0.2, -0.15) is 0 Å². The van der Waals surface area contributed by atoms with E-state index in [1.54, 1.807) is 6.20 Å². The molecule has 5 rings (SSSR count). The van der Waals surface area contributed by atoms with Gasteiger partial charge in [-0.05, 0) is 72.4 Å². The van der Waals surface area contributed by atoms with Gasteiger partial charge in [-0.15, -0.1) is 0 Å². The van der Waals surface area contributed by atoms with Gasteiger partial charge in [0.2, 0.25) is 5.91 Å². The minimum absolute atomic E-state index is 0.00805. The smallest absolute Gasteiger partial charge is 0.250 e. The lowest BCUT2D eigenvalue weighted by atomic mass is 9.98. The number of carbonyl (C=O) groups excluding carboxylic acids is 1. The van der Waals surface area contributed by atoms with Crippen molar-refractivity contribution in [3.05, 3.63) is 109 Å². The summed E-state index contributed by atoms with van der Waals surface area (Å²) in [6, 6.07) is 25.6. The quantitative estimate of drug-likeness (QED) is 0.374. The van der Waals surface area contributed by atoms with Gasteiger partial charge in [-0.1, -0.05) is 24.3 Å². The van der Waals surface area contributed by atoms with Crippen LogP contribution in [0.5, 0.6) is 0 Å². The second-order valence-corrected chi connectivity index (χ2v) is 8.60. The second kappa shape index (κ2) is 10.1. The number of anilines is 2. The Labute approximate surface area is 209 Å². The molecule has 8 heteroatoms. The summed E-state index contributed by atoms with van der Waals surface area (Å²) in [5, 5.41) is 6.93. The first-order valence-electron chi connectivity index (χ1n) is 11.3. The number of methoxy groups -OCH3 is 1. The van der Waals surface area contributed by atoms with Crippen LogP contribution in [0.2, 0.25) is 0 Å². The number of thiocarbonyl (C=S) groups is 1. The van der Waals surface area contributed by atoms with Crippen LogP contribution in [-0.2, 0) is 9.53 Å².